The van der Waals surface area contributed by atoms with E-state index in [0.717, 1.165) is 44.1 Å². The molecule has 8 heteroatoms. The number of thiazole rings is 1. The average molecular weight is 449 g/mol. The fourth-order valence-corrected chi connectivity index (χ4v) is 4.58. The molecule has 1 amide bonds. The van der Waals surface area contributed by atoms with E-state index in [9.17, 15) is 4.79 Å². The van der Waals surface area contributed by atoms with Gasteiger partial charge in [0.25, 0.3) is 0 Å². The molecule has 152 valence electrons. The van der Waals surface area contributed by atoms with Crippen LogP contribution in [-0.2, 0) is 17.0 Å². The van der Waals surface area contributed by atoms with Crippen LogP contribution in [0.4, 0.5) is 5.69 Å². The van der Waals surface area contributed by atoms with Gasteiger partial charge in [0.2, 0.25) is 5.91 Å². The summed E-state index contributed by atoms with van der Waals surface area (Å²) in [6.45, 7) is 1.88. The Kier molecular flexibility index (Phi) is 7.41. The van der Waals surface area contributed by atoms with E-state index >= 15 is 0 Å². The number of aromatic nitrogens is 1. The summed E-state index contributed by atoms with van der Waals surface area (Å²) in [5, 5.41) is 5.44. The molecule has 0 spiro atoms. The molecule has 0 bridgehead atoms. The number of benzene rings is 2. The largest absolute Gasteiger partial charge is 0.497 e. The van der Waals surface area contributed by atoms with Crippen molar-refractivity contribution in [2.45, 2.75) is 23.4 Å². The molecule has 5 nitrogen and oxygen atoms in total. The molecule has 0 aliphatic heterocycles. The normalized spacial score (nSPS) is 10.6. The van der Waals surface area contributed by atoms with Crippen LogP contribution in [0.2, 0.25) is 5.02 Å². The Balaban J connectivity index is 1.58. The molecule has 0 saturated carbocycles. The van der Waals surface area contributed by atoms with Crippen LogP contribution in [0.15, 0.2) is 46.1 Å². The predicted octanol–water partition coefficient (Wildman–Crippen LogP) is 5.60. The van der Waals surface area contributed by atoms with Crippen molar-refractivity contribution in [3.63, 3.8) is 0 Å². The maximum atomic E-state index is 12.4. The molecule has 0 aliphatic rings. The number of carbonyl (C=O) groups is 1. The molecule has 0 fully saturated rings. The van der Waals surface area contributed by atoms with Gasteiger partial charge < -0.3 is 14.8 Å². The van der Waals surface area contributed by atoms with Crippen LogP contribution in [0.5, 0.6) is 11.5 Å². The number of thioether (sulfide) groups is 1. The van der Waals surface area contributed by atoms with Gasteiger partial charge in [0, 0.05) is 27.9 Å². The Morgan fingerprint density at radius 1 is 1.21 bits per heavy atom. The number of nitrogens with zero attached hydrogens (tertiary/aromatic N) is 1. The first-order valence-corrected chi connectivity index (χ1v) is 11.1. The maximum Gasteiger partial charge on any atom is 0.230 e. The lowest BCUT2D eigenvalue weighted by Crippen LogP contribution is -2.15. The van der Waals surface area contributed by atoms with Crippen LogP contribution < -0.4 is 14.8 Å². The van der Waals surface area contributed by atoms with Crippen molar-refractivity contribution in [3.8, 4) is 11.5 Å². The highest BCUT2D eigenvalue weighted by molar-refractivity contribution is 8.00. The van der Waals surface area contributed by atoms with Crippen molar-refractivity contribution in [3.05, 3.63) is 63.6 Å². The van der Waals surface area contributed by atoms with Gasteiger partial charge in [-0.1, -0.05) is 29.4 Å². The summed E-state index contributed by atoms with van der Waals surface area (Å²) < 4.78 is 11.5. The van der Waals surface area contributed by atoms with Crippen molar-refractivity contribution in [2.24, 2.45) is 0 Å². The molecule has 0 atom stereocenters. The van der Waals surface area contributed by atoms with Crippen molar-refractivity contribution in [1.29, 1.82) is 0 Å². The molecule has 29 heavy (non-hydrogen) atoms. The van der Waals surface area contributed by atoms with Gasteiger partial charge in [0.15, 0.2) is 0 Å². The zero-order chi connectivity index (χ0) is 20.8. The monoisotopic (exact) mass is 448 g/mol. The van der Waals surface area contributed by atoms with Gasteiger partial charge in [-0.2, -0.15) is 0 Å². The molecule has 1 N–H and O–H groups in total. The number of halogens is 1. The van der Waals surface area contributed by atoms with E-state index in [-0.39, 0.29) is 12.3 Å². The molecule has 1 heterocycles. The van der Waals surface area contributed by atoms with E-state index in [4.69, 9.17) is 21.1 Å². The number of hydrogen-bond acceptors (Lipinski definition) is 6. The second kappa shape index (κ2) is 10.0. The third kappa shape index (κ3) is 5.88. The first kappa shape index (κ1) is 21.5. The minimum absolute atomic E-state index is 0.116. The number of ether oxygens (including phenoxy) is 2. The number of carbonyl (C=O) groups excluding carboxylic acids is 1. The number of amides is 1. The Morgan fingerprint density at radius 2 is 1.93 bits per heavy atom. The van der Waals surface area contributed by atoms with E-state index in [1.165, 1.54) is 11.3 Å². The summed E-state index contributed by atoms with van der Waals surface area (Å²) >= 11 is 9.25. The molecule has 0 aliphatic carbocycles. The zero-order valence-electron chi connectivity index (χ0n) is 16.3. The third-order valence-electron chi connectivity index (χ3n) is 4.19. The van der Waals surface area contributed by atoms with E-state index in [2.05, 4.69) is 10.3 Å². The molecule has 0 unspecified atom stereocenters. The van der Waals surface area contributed by atoms with Crippen LogP contribution >= 0.6 is 34.7 Å². The second-order valence-electron chi connectivity index (χ2n) is 6.25. The van der Waals surface area contributed by atoms with E-state index in [1.54, 1.807) is 32.0 Å². The summed E-state index contributed by atoms with van der Waals surface area (Å²) in [6.07, 6.45) is 0.218. The quantitative estimate of drug-likeness (QED) is 0.455. The van der Waals surface area contributed by atoms with Crippen molar-refractivity contribution in [2.75, 3.05) is 19.5 Å². The van der Waals surface area contributed by atoms with Gasteiger partial charge in [-0.25, -0.2) is 4.98 Å². The lowest BCUT2D eigenvalue weighted by molar-refractivity contribution is -0.115. The zero-order valence-corrected chi connectivity index (χ0v) is 18.7. The molecule has 3 aromatic rings. The number of methoxy groups -OCH3 is 2. The van der Waals surface area contributed by atoms with Gasteiger partial charge in [-0.05, 0) is 42.3 Å². The highest BCUT2D eigenvalue weighted by Crippen LogP contribution is 2.30. The fourth-order valence-electron chi connectivity index (χ4n) is 2.63. The topological polar surface area (TPSA) is 60.5 Å². The Labute approximate surface area is 183 Å². The van der Waals surface area contributed by atoms with Gasteiger partial charge >= 0.3 is 0 Å². The van der Waals surface area contributed by atoms with Crippen molar-refractivity contribution >= 4 is 46.3 Å². The molecule has 1 aromatic heterocycles. The maximum absolute atomic E-state index is 12.4. The van der Waals surface area contributed by atoms with Crippen LogP contribution in [0, 0.1) is 6.92 Å². The number of nitrogens with one attached hydrogen (secondary N) is 1. The molecule has 3 rings (SSSR count). The number of anilines is 1. The van der Waals surface area contributed by atoms with Crippen LogP contribution in [-0.4, -0.2) is 25.1 Å². The highest BCUT2D eigenvalue weighted by atomic mass is 35.5. The highest BCUT2D eigenvalue weighted by Gasteiger charge is 2.11. The number of hydrogen-bond donors (Lipinski definition) is 1. The molecular formula is C21H21ClN2O3S2. The summed E-state index contributed by atoms with van der Waals surface area (Å²) in [5.41, 5.74) is 3.40. The summed E-state index contributed by atoms with van der Waals surface area (Å²) in [7, 11) is 3.27. The summed E-state index contributed by atoms with van der Waals surface area (Å²) in [4.78, 5) is 16.9. The van der Waals surface area contributed by atoms with Gasteiger partial charge in [-0.15, -0.1) is 11.3 Å². The molecular weight excluding hydrogens is 428 g/mol. The molecule has 0 radical (unpaired) electrons. The summed E-state index contributed by atoms with van der Waals surface area (Å²) in [5.74, 6) is 2.13. The third-order valence-corrected chi connectivity index (χ3v) is 6.74. The first-order chi connectivity index (χ1) is 14.0. The first-order valence-electron chi connectivity index (χ1n) is 8.82. The van der Waals surface area contributed by atoms with E-state index in [0.29, 0.717) is 5.02 Å². The lowest BCUT2D eigenvalue weighted by atomic mass is 10.2. The minimum atomic E-state index is -0.116. The Morgan fingerprint density at radius 3 is 2.62 bits per heavy atom. The van der Waals surface area contributed by atoms with Gasteiger partial charge in [0.05, 0.1) is 26.3 Å². The van der Waals surface area contributed by atoms with Crippen molar-refractivity contribution in [1.82, 2.24) is 4.98 Å². The predicted molar refractivity (Wildman–Crippen MR) is 120 cm³/mol. The number of rotatable bonds is 8. The standard InChI is InChI=1S/C21H21ClN2O3S2/c1-13-18(22)5-4-6-19(13)24-20(25)9-15-12-29-21(23-15)28-11-14-7-16(26-2)10-17(8-14)27-3/h4-8,10,12H,9,11H2,1-3H3,(H,24,25). The van der Waals surface area contributed by atoms with Gasteiger partial charge in [0.1, 0.15) is 15.8 Å². The Hall–Kier alpha value is -2.22. The van der Waals surface area contributed by atoms with Crippen molar-refractivity contribution < 1.29 is 14.3 Å². The van der Waals surface area contributed by atoms with Crippen LogP contribution in [0.3, 0.4) is 0 Å². The Bertz CT molecular complexity index is 985. The fraction of sp³-hybridized carbons (Fsp3) is 0.238. The molecule has 2 aromatic carbocycles. The second-order valence-corrected chi connectivity index (χ2v) is 8.74. The SMILES string of the molecule is COc1cc(CSc2nc(CC(=O)Nc3cccc(Cl)c3C)cs2)cc(OC)c1. The van der Waals surface area contributed by atoms with Crippen LogP contribution in [0.1, 0.15) is 16.8 Å². The average Bonchev–Trinajstić information content (AvgIpc) is 3.16. The summed E-state index contributed by atoms with van der Waals surface area (Å²) in [6, 6.07) is 11.2. The lowest BCUT2D eigenvalue weighted by Gasteiger charge is -2.08. The van der Waals surface area contributed by atoms with E-state index < -0.39 is 0 Å². The minimum Gasteiger partial charge on any atom is -0.497 e. The van der Waals surface area contributed by atoms with Gasteiger partial charge in [-0.3, -0.25) is 4.79 Å². The van der Waals surface area contributed by atoms with Crippen LogP contribution in [0.25, 0.3) is 0 Å². The molecule has 0 saturated heterocycles. The van der Waals surface area contributed by atoms with E-state index in [1.807, 2.05) is 42.6 Å². The smallest absolute Gasteiger partial charge is 0.230 e.